The van der Waals surface area contributed by atoms with E-state index in [2.05, 4.69) is 25.7 Å². The van der Waals surface area contributed by atoms with Crippen LogP contribution in [0.2, 0.25) is 0 Å². The van der Waals surface area contributed by atoms with Crippen molar-refractivity contribution in [3.05, 3.63) is 54.2 Å². The Balaban J connectivity index is 1.52. The molecule has 1 aromatic carbocycles. The molecule has 0 aliphatic heterocycles. The highest BCUT2D eigenvalue weighted by atomic mass is 16.5. The number of fused-ring (bicyclic) bond motifs is 1. The predicted molar refractivity (Wildman–Crippen MR) is 110 cm³/mol. The number of carbonyl (C=O) groups is 1. The lowest BCUT2D eigenvalue weighted by atomic mass is 9.96. The van der Waals surface area contributed by atoms with E-state index < -0.39 is 0 Å². The topological polar surface area (TPSA) is 107 Å². The van der Waals surface area contributed by atoms with Gasteiger partial charge in [0.15, 0.2) is 11.5 Å². The molecule has 30 heavy (non-hydrogen) atoms. The van der Waals surface area contributed by atoms with E-state index in [0.29, 0.717) is 34.6 Å². The Morgan fingerprint density at radius 1 is 1.20 bits per heavy atom. The van der Waals surface area contributed by atoms with E-state index in [1.807, 2.05) is 39.0 Å². The van der Waals surface area contributed by atoms with Gasteiger partial charge in [-0.3, -0.25) is 9.20 Å². The highest BCUT2D eigenvalue weighted by Crippen LogP contribution is 2.24. The van der Waals surface area contributed by atoms with Gasteiger partial charge in [-0.25, -0.2) is 0 Å². The highest BCUT2D eigenvalue weighted by molar-refractivity contribution is 5.92. The van der Waals surface area contributed by atoms with E-state index in [1.165, 1.54) is 0 Å². The Labute approximate surface area is 173 Å². The quantitative estimate of drug-likeness (QED) is 0.542. The molecule has 0 saturated heterocycles. The van der Waals surface area contributed by atoms with Crippen LogP contribution in [0.3, 0.4) is 0 Å². The Kier molecular flexibility index (Phi) is 4.94. The van der Waals surface area contributed by atoms with Gasteiger partial charge in [-0.2, -0.15) is 4.98 Å². The van der Waals surface area contributed by atoms with Crippen molar-refractivity contribution >= 4 is 17.2 Å². The summed E-state index contributed by atoms with van der Waals surface area (Å²) in [5.41, 5.74) is 1.78. The first-order valence-electron chi connectivity index (χ1n) is 9.45. The van der Waals surface area contributed by atoms with Crippen LogP contribution in [0, 0.1) is 0 Å². The lowest BCUT2D eigenvalue weighted by Crippen LogP contribution is -2.16. The number of amides is 1. The zero-order valence-electron chi connectivity index (χ0n) is 17.2. The van der Waals surface area contributed by atoms with Crippen LogP contribution in [0.15, 0.2) is 47.1 Å². The molecular weight excluding hydrogens is 384 g/mol. The van der Waals surface area contributed by atoms with Crippen LogP contribution in [0.4, 0.5) is 5.69 Å². The SMILES string of the molecule is COc1cccc(NC(=O)Cc2nnc3cc(-c4nc(C(C)(C)C)no4)ccn23)c1. The third kappa shape index (κ3) is 4.00. The van der Waals surface area contributed by atoms with Crippen molar-refractivity contribution in [3.8, 4) is 17.2 Å². The van der Waals surface area contributed by atoms with Gasteiger partial charge in [0, 0.05) is 28.9 Å². The van der Waals surface area contributed by atoms with Crippen LogP contribution >= 0.6 is 0 Å². The number of anilines is 1. The van der Waals surface area contributed by atoms with Crippen LogP contribution in [0.1, 0.15) is 32.4 Å². The third-order valence-corrected chi connectivity index (χ3v) is 4.50. The molecule has 0 saturated carbocycles. The first-order chi connectivity index (χ1) is 14.3. The summed E-state index contributed by atoms with van der Waals surface area (Å²) >= 11 is 0. The zero-order valence-corrected chi connectivity index (χ0v) is 17.2. The van der Waals surface area contributed by atoms with E-state index in [-0.39, 0.29) is 17.7 Å². The summed E-state index contributed by atoms with van der Waals surface area (Å²) < 4.78 is 12.3. The molecule has 0 bridgehead atoms. The summed E-state index contributed by atoms with van der Waals surface area (Å²) in [5.74, 6) is 2.05. The Morgan fingerprint density at radius 3 is 2.77 bits per heavy atom. The largest absolute Gasteiger partial charge is 0.497 e. The van der Waals surface area contributed by atoms with E-state index in [9.17, 15) is 4.79 Å². The molecule has 0 spiro atoms. The van der Waals surface area contributed by atoms with Crippen molar-refractivity contribution in [2.24, 2.45) is 0 Å². The molecule has 0 fully saturated rings. The highest BCUT2D eigenvalue weighted by Gasteiger charge is 2.22. The van der Waals surface area contributed by atoms with Crippen molar-refractivity contribution in [1.82, 2.24) is 24.7 Å². The second kappa shape index (κ2) is 7.58. The average Bonchev–Trinajstić information content (AvgIpc) is 3.35. The Bertz CT molecular complexity index is 1200. The number of ether oxygens (including phenoxy) is 1. The molecule has 0 atom stereocenters. The molecule has 1 amide bonds. The Morgan fingerprint density at radius 2 is 2.03 bits per heavy atom. The first-order valence-corrected chi connectivity index (χ1v) is 9.45. The lowest BCUT2D eigenvalue weighted by molar-refractivity contribution is -0.115. The summed E-state index contributed by atoms with van der Waals surface area (Å²) in [6, 6.07) is 10.8. The fourth-order valence-corrected chi connectivity index (χ4v) is 2.89. The number of methoxy groups -OCH3 is 1. The molecule has 0 aliphatic carbocycles. The van der Waals surface area contributed by atoms with Gasteiger partial charge < -0.3 is 14.6 Å². The van der Waals surface area contributed by atoms with Crippen molar-refractivity contribution in [3.63, 3.8) is 0 Å². The average molecular weight is 406 g/mol. The predicted octanol–water partition coefficient (Wildman–Crippen LogP) is 3.27. The number of nitrogens with zero attached hydrogens (tertiary/aromatic N) is 5. The molecule has 4 rings (SSSR count). The zero-order chi connectivity index (χ0) is 21.3. The summed E-state index contributed by atoms with van der Waals surface area (Å²) in [7, 11) is 1.58. The van der Waals surface area contributed by atoms with Crippen molar-refractivity contribution in [2.45, 2.75) is 32.6 Å². The molecule has 3 aromatic heterocycles. The molecule has 3 heterocycles. The van der Waals surface area contributed by atoms with Crippen LogP contribution in [-0.2, 0) is 16.6 Å². The van der Waals surface area contributed by atoms with Crippen molar-refractivity contribution < 1.29 is 14.1 Å². The van der Waals surface area contributed by atoms with Gasteiger partial charge in [0.05, 0.1) is 13.5 Å². The number of hydrogen-bond acceptors (Lipinski definition) is 7. The second-order valence-electron chi connectivity index (χ2n) is 7.89. The normalized spacial score (nSPS) is 11.6. The minimum absolute atomic E-state index is 0.0758. The van der Waals surface area contributed by atoms with E-state index in [0.717, 1.165) is 5.56 Å². The molecule has 9 nitrogen and oxygen atoms in total. The van der Waals surface area contributed by atoms with Crippen molar-refractivity contribution in [2.75, 3.05) is 12.4 Å². The van der Waals surface area contributed by atoms with E-state index >= 15 is 0 Å². The van der Waals surface area contributed by atoms with Crippen LogP contribution in [-0.4, -0.2) is 37.8 Å². The number of nitrogens with one attached hydrogen (secondary N) is 1. The number of benzene rings is 1. The maximum absolute atomic E-state index is 12.4. The fourth-order valence-electron chi connectivity index (χ4n) is 2.89. The van der Waals surface area contributed by atoms with Crippen LogP contribution in [0.5, 0.6) is 5.75 Å². The van der Waals surface area contributed by atoms with Gasteiger partial charge in [0.25, 0.3) is 5.89 Å². The number of hydrogen-bond donors (Lipinski definition) is 1. The first kappa shape index (κ1) is 19.6. The second-order valence-corrected chi connectivity index (χ2v) is 7.89. The number of aromatic nitrogens is 5. The summed E-state index contributed by atoms with van der Waals surface area (Å²) in [6.45, 7) is 6.06. The smallest absolute Gasteiger partial charge is 0.258 e. The minimum atomic E-state index is -0.204. The monoisotopic (exact) mass is 406 g/mol. The van der Waals surface area contributed by atoms with Gasteiger partial charge in [0.2, 0.25) is 5.91 Å². The Hall–Kier alpha value is -3.75. The minimum Gasteiger partial charge on any atom is -0.497 e. The number of pyridine rings is 1. The molecule has 154 valence electrons. The fraction of sp³-hybridized carbons (Fsp3) is 0.286. The van der Waals surface area contributed by atoms with Gasteiger partial charge >= 0.3 is 0 Å². The molecule has 0 aliphatic rings. The standard InChI is InChI=1S/C21H22N6O3/c1-21(2,3)20-23-19(30-26-20)13-8-9-27-16(10-13)24-25-17(27)12-18(28)22-14-6-5-7-15(11-14)29-4/h5-11H,12H2,1-4H3,(H,22,28). The van der Waals surface area contributed by atoms with Gasteiger partial charge in [-0.15, -0.1) is 10.2 Å². The number of carbonyl (C=O) groups excluding carboxylic acids is 1. The van der Waals surface area contributed by atoms with E-state index in [1.54, 1.807) is 35.9 Å². The molecule has 0 unspecified atom stereocenters. The third-order valence-electron chi connectivity index (χ3n) is 4.50. The summed E-state index contributed by atoms with van der Waals surface area (Å²) in [6.07, 6.45) is 1.87. The lowest BCUT2D eigenvalue weighted by Gasteiger charge is -2.10. The maximum Gasteiger partial charge on any atom is 0.258 e. The van der Waals surface area contributed by atoms with Gasteiger partial charge in [-0.05, 0) is 24.3 Å². The molecular formula is C21H22N6O3. The summed E-state index contributed by atoms with van der Waals surface area (Å²) in [4.78, 5) is 16.9. The van der Waals surface area contributed by atoms with Gasteiger partial charge in [-0.1, -0.05) is 32.0 Å². The molecule has 1 N–H and O–H groups in total. The summed E-state index contributed by atoms with van der Waals surface area (Å²) in [5, 5.41) is 15.2. The molecule has 0 radical (unpaired) electrons. The maximum atomic E-state index is 12.4. The van der Waals surface area contributed by atoms with Crippen LogP contribution in [0.25, 0.3) is 17.1 Å². The molecule has 9 heteroatoms. The van der Waals surface area contributed by atoms with Crippen LogP contribution < -0.4 is 10.1 Å². The number of rotatable bonds is 5. The van der Waals surface area contributed by atoms with Gasteiger partial charge in [0.1, 0.15) is 11.6 Å². The van der Waals surface area contributed by atoms with Crippen molar-refractivity contribution in [1.29, 1.82) is 0 Å². The molecule has 4 aromatic rings. The van der Waals surface area contributed by atoms with E-state index in [4.69, 9.17) is 9.26 Å².